The predicted molar refractivity (Wildman–Crippen MR) is 94.5 cm³/mol. The van der Waals surface area contributed by atoms with Gasteiger partial charge < -0.3 is 4.90 Å². The number of aromatic nitrogens is 3. The number of fused-ring (bicyclic) bond motifs is 1. The summed E-state index contributed by atoms with van der Waals surface area (Å²) >= 11 is 0.607. The Bertz CT molecular complexity index is 1090. The average Bonchev–Trinajstić information content (AvgIpc) is 3.13. The molecule has 10 heteroatoms. The zero-order valence-corrected chi connectivity index (χ0v) is 15.1. The molecule has 6 nitrogen and oxygen atoms in total. The van der Waals surface area contributed by atoms with Gasteiger partial charge in [0.15, 0.2) is 5.65 Å². The summed E-state index contributed by atoms with van der Waals surface area (Å²) in [6.07, 6.45) is -2.02. The second-order valence-corrected chi connectivity index (χ2v) is 7.34. The van der Waals surface area contributed by atoms with Crippen molar-refractivity contribution in [3.63, 3.8) is 0 Å². The minimum Gasteiger partial charge on any atom is -0.341 e. The highest BCUT2D eigenvalue weighted by molar-refractivity contribution is 7.10. The number of imidazole rings is 1. The van der Waals surface area contributed by atoms with Gasteiger partial charge in [0.25, 0.3) is 0 Å². The Morgan fingerprint density at radius 3 is 2.59 bits per heavy atom. The van der Waals surface area contributed by atoms with Crippen LogP contribution in [0.2, 0.25) is 0 Å². The molecule has 0 aromatic carbocycles. The van der Waals surface area contributed by atoms with E-state index in [0.29, 0.717) is 46.7 Å². The summed E-state index contributed by atoms with van der Waals surface area (Å²) in [7, 11) is 1.55. The molecule has 142 valence electrons. The van der Waals surface area contributed by atoms with E-state index in [9.17, 15) is 22.8 Å². The largest absolute Gasteiger partial charge is 0.425 e. The highest BCUT2D eigenvalue weighted by Crippen LogP contribution is 2.37. The van der Waals surface area contributed by atoms with Gasteiger partial charge in [-0.1, -0.05) is 0 Å². The molecule has 1 aliphatic heterocycles. The van der Waals surface area contributed by atoms with E-state index in [1.54, 1.807) is 18.0 Å². The van der Waals surface area contributed by atoms with Gasteiger partial charge in [-0.25, -0.2) is 9.78 Å². The molecule has 0 aliphatic carbocycles. The average molecular weight is 396 g/mol. The summed E-state index contributed by atoms with van der Waals surface area (Å²) in [5.74, 6) is -0.156. The zero-order chi connectivity index (χ0) is 19.3. The molecule has 0 N–H and O–H groups in total. The number of hydrogen-bond donors (Lipinski definition) is 0. The van der Waals surface area contributed by atoms with Gasteiger partial charge in [0.2, 0.25) is 5.91 Å². The molecule has 1 fully saturated rings. The lowest BCUT2D eigenvalue weighted by molar-refractivity contribution is -0.135. The van der Waals surface area contributed by atoms with Crippen molar-refractivity contribution >= 4 is 28.4 Å². The van der Waals surface area contributed by atoms with Crippen LogP contribution in [0.1, 0.15) is 11.3 Å². The van der Waals surface area contributed by atoms with Crippen molar-refractivity contribution in [3.8, 4) is 11.1 Å². The monoisotopic (exact) mass is 396 g/mol. The first-order valence-electron chi connectivity index (χ1n) is 8.25. The molecule has 0 saturated carbocycles. The normalized spacial score (nSPS) is 14.6. The van der Waals surface area contributed by atoms with E-state index in [1.807, 2.05) is 0 Å². The van der Waals surface area contributed by atoms with E-state index < -0.39 is 11.1 Å². The fourth-order valence-corrected chi connectivity index (χ4v) is 3.81. The van der Waals surface area contributed by atoms with E-state index in [0.717, 1.165) is 12.5 Å². The third kappa shape index (κ3) is 3.03. The summed E-state index contributed by atoms with van der Waals surface area (Å²) < 4.78 is 41.2. The molecular weight excluding hydrogens is 381 g/mol. The van der Waals surface area contributed by atoms with Crippen LogP contribution in [0.15, 0.2) is 28.5 Å². The molecule has 27 heavy (non-hydrogen) atoms. The molecule has 3 aromatic heterocycles. The lowest BCUT2D eigenvalue weighted by atomic mass is 10.1. The summed E-state index contributed by atoms with van der Waals surface area (Å²) in [4.78, 5) is 30.0. The van der Waals surface area contributed by atoms with Crippen LogP contribution >= 0.6 is 11.3 Å². The minimum absolute atomic E-state index is 0.112. The van der Waals surface area contributed by atoms with Gasteiger partial charge in [-0.3, -0.25) is 13.9 Å². The van der Waals surface area contributed by atoms with E-state index in [-0.39, 0.29) is 18.1 Å². The fourth-order valence-electron chi connectivity index (χ4n) is 3.03. The first-order chi connectivity index (χ1) is 12.8. The Morgan fingerprint density at radius 2 is 2.00 bits per heavy atom. The molecular formula is C17H15F3N4O2S. The Morgan fingerprint density at radius 1 is 1.26 bits per heavy atom. The molecule has 0 atom stereocenters. The van der Waals surface area contributed by atoms with Crippen LogP contribution < -0.4 is 5.69 Å². The minimum atomic E-state index is -4.40. The lowest BCUT2D eigenvalue weighted by Crippen LogP contribution is -2.44. The molecule has 4 heterocycles. The molecule has 0 spiro atoms. The van der Waals surface area contributed by atoms with E-state index in [1.165, 1.54) is 20.7 Å². The van der Waals surface area contributed by atoms with Crippen LogP contribution in [-0.4, -0.2) is 38.0 Å². The summed E-state index contributed by atoms with van der Waals surface area (Å²) in [5, 5.41) is 1.41. The second-order valence-electron chi connectivity index (χ2n) is 6.43. The van der Waals surface area contributed by atoms with Crippen molar-refractivity contribution in [2.75, 3.05) is 13.1 Å². The number of amides is 1. The highest BCUT2D eigenvalue weighted by atomic mass is 32.1. The summed E-state index contributed by atoms with van der Waals surface area (Å²) in [5.41, 5.74) is 1.26. The number of carbonyl (C=O) groups excluding carboxylic acids is 1. The van der Waals surface area contributed by atoms with Crippen LogP contribution in [0.3, 0.4) is 0 Å². The van der Waals surface area contributed by atoms with Gasteiger partial charge in [0.05, 0.1) is 5.52 Å². The predicted octanol–water partition coefficient (Wildman–Crippen LogP) is 2.71. The first kappa shape index (κ1) is 17.8. The van der Waals surface area contributed by atoms with E-state index in [2.05, 4.69) is 4.98 Å². The van der Waals surface area contributed by atoms with Gasteiger partial charge in [0.1, 0.15) is 11.4 Å². The Kier molecular flexibility index (Phi) is 4.10. The highest BCUT2D eigenvalue weighted by Gasteiger charge is 2.32. The van der Waals surface area contributed by atoms with Gasteiger partial charge in [-0.05, 0) is 29.5 Å². The number of likely N-dealkylation sites (tertiary alicyclic amines) is 1. The van der Waals surface area contributed by atoms with Crippen molar-refractivity contribution in [1.29, 1.82) is 0 Å². The molecule has 1 aliphatic rings. The molecule has 0 bridgehead atoms. The smallest absolute Gasteiger partial charge is 0.341 e. The molecule has 1 saturated heterocycles. The quantitative estimate of drug-likeness (QED) is 0.684. The van der Waals surface area contributed by atoms with Crippen LogP contribution in [0.4, 0.5) is 13.2 Å². The Labute approximate surface area is 155 Å². The van der Waals surface area contributed by atoms with Crippen molar-refractivity contribution in [1.82, 2.24) is 19.0 Å². The van der Waals surface area contributed by atoms with Crippen LogP contribution in [0.25, 0.3) is 22.3 Å². The molecule has 0 unspecified atom stereocenters. The van der Waals surface area contributed by atoms with Crippen molar-refractivity contribution < 1.29 is 18.0 Å². The van der Waals surface area contributed by atoms with Crippen molar-refractivity contribution in [2.45, 2.75) is 19.1 Å². The number of thiophene rings is 1. The zero-order valence-electron chi connectivity index (χ0n) is 14.3. The number of rotatable bonds is 3. The second kappa shape index (κ2) is 6.22. The van der Waals surface area contributed by atoms with Gasteiger partial charge in [-0.2, -0.15) is 13.2 Å². The number of alkyl halides is 3. The van der Waals surface area contributed by atoms with Gasteiger partial charge >= 0.3 is 11.9 Å². The number of nitrogens with zero attached hydrogens (tertiary/aromatic N) is 4. The maximum absolute atomic E-state index is 12.9. The van der Waals surface area contributed by atoms with Crippen LogP contribution in [0, 0.1) is 0 Å². The van der Waals surface area contributed by atoms with E-state index >= 15 is 0 Å². The number of halogens is 3. The maximum Gasteiger partial charge on any atom is 0.425 e. The molecule has 1 amide bonds. The number of carbonyl (C=O) groups is 1. The SMILES string of the molecule is Cn1c(=O)n(CC(=O)N2CCC2)c2cc(-c3csc(C(F)(F)F)c3)cnc21. The third-order valence-corrected chi connectivity index (χ3v) is 5.66. The van der Waals surface area contributed by atoms with Crippen LogP contribution in [-0.2, 0) is 24.6 Å². The van der Waals surface area contributed by atoms with E-state index in [4.69, 9.17) is 0 Å². The standard InChI is InChI=1S/C17H15F3N4O2S/c1-22-15-12(24(16(22)26)8-14(25)23-3-2-4-23)5-10(7-21-15)11-6-13(27-9-11)17(18,19)20/h5-7,9H,2-4,8H2,1H3. The first-order valence-corrected chi connectivity index (χ1v) is 9.13. The van der Waals surface area contributed by atoms with Crippen molar-refractivity contribution in [3.05, 3.63) is 39.1 Å². The van der Waals surface area contributed by atoms with Gasteiger partial charge in [0, 0.05) is 31.9 Å². The number of aryl methyl sites for hydroxylation is 1. The maximum atomic E-state index is 12.9. The molecule has 4 rings (SSSR count). The topological polar surface area (TPSA) is 60.1 Å². The lowest BCUT2D eigenvalue weighted by Gasteiger charge is -2.30. The summed E-state index contributed by atoms with van der Waals surface area (Å²) in [6.45, 7) is 1.24. The Hall–Kier alpha value is -2.62. The number of hydrogen-bond acceptors (Lipinski definition) is 4. The van der Waals surface area contributed by atoms with Gasteiger partial charge in [-0.15, -0.1) is 11.3 Å². The molecule has 3 aromatic rings. The third-order valence-electron chi connectivity index (χ3n) is 4.69. The Balaban J connectivity index is 1.76. The fraction of sp³-hybridized carbons (Fsp3) is 0.353. The number of pyridine rings is 1. The van der Waals surface area contributed by atoms with Crippen LogP contribution in [0.5, 0.6) is 0 Å². The molecule has 0 radical (unpaired) electrons. The van der Waals surface area contributed by atoms with Crippen molar-refractivity contribution in [2.24, 2.45) is 7.05 Å². The summed E-state index contributed by atoms with van der Waals surface area (Å²) in [6, 6.07) is 2.67.